The summed E-state index contributed by atoms with van der Waals surface area (Å²) in [4.78, 5) is 23.6. The van der Waals surface area contributed by atoms with Crippen molar-refractivity contribution in [1.82, 2.24) is 4.57 Å². The molecule has 0 saturated carbocycles. The molecule has 0 amide bonds. The molecule has 0 radical (unpaired) electrons. The van der Waals surface area contributed by atoms with Crippen molar-refractivity contribution in [2.75, 3.05) is 0 Å². The summed E-state index contributed by atoms with van der Waals surface area (Å²) in [7, 11) is 0. The van der Waals surface area contributed by atoms with Gasteiger partial charge in [0.1, 0.15) is 5.56 Å². The van der Waals surface area contributed by atoms with Gasteiger partial charge in [-0.1, -0.05) is 13.0 Å². The first-order chi connectivity index (χ1) is 10.7. The molecular formula is C16H14F3NO3. The van der Waals surface area contributed by atoms with Gasteiger partial charge in [-0.15, -0.1) is 0 Å². The number of rotatable bonds is 3. The van der Waals surface area contributed by atoms with Gasteiger partial charge in [0.2, 0.25) is 0 Å². The lowest BCUT2D eigenvalue weighted by Gasteiger charge is -2.16. The van der Waals surface area contributed by atoms with Crippen LogP contribution in [-0.4, -0.2) is 15.6 Å². The zero-order valence-corrected chi connectivity index (χ0v) is 12.4. The smallest absolute Gasteiger partial charge is 0.416 e. The number of hydrogen-bond acceptors (Lipinski definition) is 2. The van der Waals surface area contributed by atoms with Crippen LogP contribution in [0.5, 0.6) is 0 Å². The van der Waals surface area contributed by atoms with Gasteiger partial charge in [0.15, 0.2) is 0 Å². The van der Waals surface area contributed by atoms with Crippen LogP contribution in [0.4, 0.5) is 13.2 Å². The standard InChI is InChI=1S/C16H14F3NO3/c1-3-10-7-13(15(22)23)14(21)20(9(10)2)12-6-4-5-11(8-12)16(17,18)19/h4-8H,3H2,1-2H3,(H,22,23). The normalized spacial score (nSPS) is 11.5. The largest absolute Gasteiger partial charge is 0.477 e. The number of aromatic nitrogens is 1. The van der Waals surface area contributed by atoms with Crippen LogP contribution >= 0.6 is 0 Å². The second kappa shape index (κ2) is 5.91. The highest BCUT2D eigenvalue weighted by molar-refractivity contribution is 5.87. The molecule has 4 nitrogen and oxygen atoms in total. The first-order valence-corrected chi connectivity index (χ1v) is 6.83. The monoisotopic (exact) mass is 325 g/mol. The van der Waals surface area contributed by atoms with Gasteiger partial charge >= 0.3 is 12.1 Å². The van der Waals surface area contributed by atoms with Crippen LogP contribution in [0.1, 0.15) is 34.1 Å². The topological polar surface area (TPSA) is 59.3 Å². The van der Waals surface area contributed by atoms with E-state index in [0.717, 1.165) is 16.7 Å². The Morgan fingerprint density at radius 3 is 2.43 bits per heavy atom. The highest BCUT2D eigenvalue weighted by Crippen LogP contribution is 2.30. The predicted octanol–water partition coefficient (Wildman–Crippen LogP) is 3.43. The Balaban J connectivity index is 2.80. The number of hydrogen-bond donors (Lipinski definition) is 1. The van der Waals surface area contributed by atoms with Gasteiger partial charge in [-0.2, -0.15) is 13.2 Å². The summed E-state index contributed by atoms with van der Waals surface area (Å²) in [5.41, 5.74) is -1.24. The second-order valence-corrected chi connectivity index (χ2v) is 5.02. The summed E-state index contributed by atoms with van der Waals surface area (Å²) in [6, 6.07) is 5.52. The molecule has 7 heteroatoms. The van der Waals surface area contributed by atoms with Crippen molar-refractivity contribution in [2.24, 2.45) is 0 Å². The number of carboxylic acid groups (broad SMARTS) is 1. The molecule has 0 bridgehead atoms. The van der Waals surface area contributed by atoms with Crippen LogP contribution in [0.15, 0.2) is 35.1 Å². The number of halogens is 3. The van der Waals surface area contributed by atoms with E-state index in [0.29, 0.717) is 17.7 Å². The molecule has 0 spiro atoms. The number of alkyl halides is 3. The summed E-state index contributed by atoms with van der Waals surface area (Å²) >= 11 is 0. The highest BCUT2D eigenvalue weighted by atomic mass is 19.4. The Morgan fingerprint density at radius 1 is 1.26 bits per heavy atom. The molecule has 1 heterocycles. The Kier molecular flexibility index (Phi) is 4.31. The fourth-order valence-corrected chi connectivity index (χ4v) is 2.40. The van der Waals surface area contributed by atoms with Crippen molar-refractivity contribution in [1.29, 1.82) is 0 Å². The molecule has 1 N–H and O–H groups in total. The molecule has 0 aliphatic rings. The Bertz CT molecular complexity index is 822. The first kappa shape index (κ1) is 16.8. The first-order valence-electron chi connectivity index (χ1n) is 6.83. The van der Waals surface area contributed by atoms with Crippen molar-refractivity contribution in [3.63, 3.8) is 0 Å². The molecule has 2 aromatic rings. The summed E-state index contributed by atoms with van der Waals surface area (Å²) in [5, 5.41) is 9.14. The van der Waals surface area contributed by atoms with E-state index in [1.54, 1.807) is 13.8 Å². The van der Waals surface area contributed by atoms with E-state index in [1.807, 2.05) is 0 Å². The number of pyridine rings is 1. The summed E-state index contributed by atoms with van der Waals surface area (Å²) in [6.45, 7) is 3.35. The van der Waals surface area contributed by atoms with E-state index in [4.69, 9.17) is 5.11 Å². The number of aromatic carboxylic acids is 1. The maximum Gasteiger partial charge on any atom is 0.416 e. The number of nitrogens with zero attached hydrogens (tertiary/aromatic N) is 1. The lowest BCUT2D eigenvalue weighted by Crippen LogP contribution is -2.28. The maximum atomic E-state index is 12.9. The lowest BCUT2D eigenvalue weighted by atomic mass is 10.1. The van der Waals surface area contributed by atoms with Gasteiger partial charge in [0, 0.05) is 11.4 Å². The summed E-state index contributed by atoms with van der Waals surface area (Å²) < 4.78 is 39.6. The second-order valence-electron chi connectivity index (χ2n) is 5.02. The van der Waals surface area contributed by atoms with Crippen molar-refractivity contribution < 1.29 is 23.1 Å². The molecule has 122 valence electrons. The van der Waals surface area contributed by atoms with Crippen molar-refractivity contribution in [2.45, 2.75) is 26.4 Å². The predicted molar refractivity (Wildman–Crippen MR) is 78.1 cm³/mol. The van der Waals surface area contributed by atoms with E-state index in [9.17, 15) is 22.8 Å². The Labute approximate surface area is 129 Å². The molecule has 0 aliphatic heterocycles. The minimum absolute atomic E-state index is 0.0138. The van der Waals surface area contributed by atoms with Crippen LogP contribution in [-0.2, 0) is 12.6 Å². The molecule has 0 aliphatic carbocycles. The Morgan fingerprint density at radius 2 is 1.91 bits per heavy atom. The van der Waals surface area contributed by atoms with Crippen LogP contribution in [0, 0.1) is 6.92 Å². The molecule has 1 aromatic heterocycles. The number of benzene rings is 1. The van der Waals surface area contributed by atoms with Crippen molar-refractivity contribution in [3.05, 3.63) is 63.1 Å². The molecule has 0 atom stereocenters. The SMILES string of the molecule is CCc1cc(C(=O)O)c(=O)n(-c2cccc(C(F)(F)F)c2)c1C. The van der Waals surface area contributed by atoms with E-state index < -0.39 is 28.8 Å². The molecule has 0 unspecified atom stereocenters. The van der Waals surface area contributed by atoms with Gasteiger partial charge in [-0.05, 0) is 43.2 Å². The average molecular weight is 325 g/mol. The van der Waals surface area contributed by atoms with Crippen LogP contribution in [0.3, 0.4) is 0 Å². The number of carbonyl (C=O) groups is 1. The molecule has 0 fully saturated rings. The van der Waals surface area contributed by atoms with Gasteiger partial charge in [0.05, 0.1) is 5.56 Å². The quantitative estimate of drug-likeness (QED) is 0.940. The highest BCUT2D eigenvalue weighted by Gasteiger charge is 2.31. The number of aryl methyl sites for hydroxylation is 1. The molecule has 1 aromatic carbocycles. The van der Waals surface area contributed by atoms with Crippen molar-refractivity contribution in [3.8, 4) is 5.69 Å². The molecule has 0 saturated heterocycles. The van der Waals surface area contributed by atoms with Gasteiger partial charge in [0.25, 0.3) is 5.56 Å². The fourth-order valence-electron chi connectivity index (χ4n) is 2.40. The zero-order valence-electron chi connectivity index (χ0n) is 12.4. The third kappa shape index (κ3) is 3.13. The van der Waals surface area contributed by atoms with Crippen LogP contribution < -0.4 is 5.56 Å². The summed E-state index contributed by atoms with van der Waals surface area (Å²) in [5.74, 6) is -1.41. The number of carboxylic acids is 1. The third-order valence-corrected chi connectivity index (χ3v) is 3.60. The average Bonchev–Trinajstić information content (AvgIpc) is 2.46. The van der Waals surface area contributed by atoms with Gasteiger partial charge < -0.3 is 5.11 Å². The van der Waals surface area contributed by atoms with E-state index in [-0.39, 0.29) is 5.69 Å². The fraction of sp³-hybridized carbons (Fsp3) is 0.250. The molecule has 23 heavy (non-hydrogen) atoms. The lowest BCUT2D eigenvalue weighted by molar-refractivity contribution is -0.137. The van der Waals surface area contributed by atoms with Gasteiger partial charge in [-0.3, -0.25) is 9.36 Å². The van der Waals surface area contributed by atoms with E-state index in [1.165, 1.54) is 18.2 Å². The van der Waals surface area contributed by atoms with Crippen molar-refractivity contribution >= 4 is 5.97 Å². The molecule has 2 rings (SSSR count). The third-order valence-electron chi connectivity index (χ3n) is 3.60. The zero-order chi connectivity index (χ0) is 17.4. The Hall–Kier alpha value is -2.57. The van der Waals surface area contributed by atoms with Crippen LogP contribution in [0.2, 0.25) is 0 Å². The maximum absolute atomic E-state index is 12.9. The summed E-state index contributed by atoms with van der Waals surface area (Å²) in [6.07, 6.45) is -4.10. The van der Waals surface area contributed by atoms with E-state index in [2.05, 4.69) is 0 Å². The minimum atomic E-state index is -4.55. The minimum Gasteiger partial charge on any atom is -0.477 e. The molecular weight excluding hydrogens is 311 g/mol. The van der Waals surface area contributed by atoms with E-state index >= 15 is 0 Å². The van der Waals surface area contributed by atoms with Crippen LogP contribution in [0.25, 0.3) is 5.69 Å². The van der Waals surface area contributed by atoms with Gasteiger partial charge in [-0.25, -0.2) is 4.79 Å².